The normalized spacial score (nSPS) is 26.1. The molecule has 2 saturated carbocycles. The number of nitrogens with zero attached hydrogens (tertiary/aromatic N) is 1. The van der Waals surface area contributed by atoms with Crippen molar-refractivity contribution in [1.29, 1.82) is 0 Å². The van der Waals surface area contributed by atoms with Crippen molar-refractivity contribution in [2.75, 3.05) is 4.90 Å². The highest BCUT2D eigenvalue weighted by Gasteiger charge is 2.52. The molecule has 2 aromatic rings. The van der Waals surface area contributed by atoms with Crippen molar-refractivity contribution < 1.29 is 14.4 Å². The Morgan fingerprint density at radius 3 is 2.48 bits per heavy atom. The first kappa shape index (κ1) is 18.3. The van der Waals surface area contributed by atoms with Gasteiger partial charge in [-0.15, -0.1) is 0 Å². The lowest BCUT2D eigenvalue weighted by molar-refractivity contribution is -0.123. The van der Waals surface area contributed by atoms with Gasteiger partial charge >= 0.3 is 0 Å². The number of fused-ring (bicyclic) bond motifs is 2. The predicted octanol–water partition coefficient (Wildman–Crippen LogP) is 3.22. The van der Waals surface area contributed by atoms with Gasteiger partial charge in [0, 0.05) is 36.8 Å². The van der Waals surface area contributed by atoms with Crippen LogP contribution in [0.5, 0.6) is 0 Å². The van der Waals surface area contributed by atoms with E-state index < -0.39 is 12.0 Å². The van der Waals surface area contributed by atoms with Gasteiger partial charge in [-0.1, -0.05) is 36.4 Å². The smallest absolute Gasteiger partial charge is 0.230 e. The highest BCUT2D eigenvalue weighted by Crippen LogP contribution is 2.48. The van der Waals surface area contributed by atoms with Crippen LogP contribution < -0.4 is 10.6 Å². The lowest BCUT2D eigenvalue weighted by Crippen LogP contribution is -2.56. The summed E-state index contributed by atoms with van der Waals surface area (Å²) < 4.78 is 0. The molecule has 5 rings (SSSR count). The van der Waals surface area contributed by atoms with Gasteiger partial charge in [0.25, 0.3) is 0 Å². The summed E-state index contributed by atoms with van der Waals surface area (Å²) in [6.45, 7) is 0.339. The molecule has 29 heavy (non-hydrogen) atoms. The quantitative estimate of drug-likeness (QED) is 0.875. The summed E-state index contributed by atoms with van der Waals surface area (Å²) in [5, 5.41) is 0. The van der Waals surface area contributed by atoms with E-state index in [1.165, 1.54) is 0 Å². The molecule has 3 atom stereocenters. The molecule has 0 spiro atoms. The van der Waals surface area contributed by atoms with Crippen molar-refractivity contribution >= 4 is 23.2 Å². The SMILES string of the molecule is NCc1ccc2c(c1)C(=O)[C@H]1C(c3ccccc3)CC(=O)C[C@H]1N2C(=O)C1CC1. The topological polar surface area (TPSA) is 80.5 Å². The number of rotatable bonds is 3. The second kappa shape index (κ2) is 6.92. The molecule has 1 heterocycles. The number of anilines is 1. The zero-order valence-corrected chi connectivity index (χ0v) is 16.2. The van der Waals surface area contributed by atoms with Crippen LogP contribution in [0.25, 0.3) is 0 Å². The molecule has 0 aromatic heterocycles. The van der Waals surface area contributed by atoms with E-state index in [-0.39, 0.29) is 35.7 Å². The third kappa shape index (κ3) is 3.01. The standard InChI is InChI=1S/C24H24N2O3/c25-13-14-6-9-20-19(10-14)23(28)22-18(15-4-2-1-3-5-15)11-17(27)12-21(22)26(20)24(29)16-7-8-16/h1-6,9-10,16,18,21-22H,7-8,11-13,25H2/t18?,21-,22+/m1/s1. The molecule has 2 N–H and O–H groups in total. The minimum Gasteiger partial charge on any atom is -0.326 e. The Hall–Kier alpha value is -2.79. The van der Waals surface area contributed by atoms with Crippen LogP contribution in [0.4, 0.5) is 5.69 Å². The molecule has 1 amide bonds. The highest BCUT2D eigenvalue weighted by molar-refractivity contribution is 6.13. The van der Waals surface area contributed by atoms with E-state index in [1.54, 1.807) is 4.90 Å². The van der Waals surface area contributed by atoms with Crippen LogP contribution in [-0.2, 0) is 16.1 Å². The van der Waals surface area contributed by atoms with Crippen molar-refractivity contribution in [3.05, 3.63) is 65.2 Å². The molecule has 5 nitrogen and oxygen atoms in total. The van der Waals surface area contributed by atoms with Crippen LogP contribution in [-0.4, -0.2) is 23.5 Å². The zero-order chi connectivity index (χ0) is 20.1. The van der Waals surface area contributed by atoms with Gasteiger partial charge in [-0.05, 0) is 36.1 Å². The molecular formula is C24H24N2O3. The Kier molecular flexibility index (Phi) is 4.36. The Morgan fingerprint density at radius 2 is 1.79 bits per heavy atom. The third-order valence-corrected chi connectivity index (χ3v) is 6.58. The number of Topliss-reactive ketones (excluding diaryl/α,β-unsaturated/α-hetero) is 2. The number of nitrogens with two attached hydrogens (primary N) is 1. The molecule has 0 bridgehead atoms. The summed E-state index contributed by atoms with van der Waals surface area (Å²) in [5.41, 5.74) is 8.89. The van der Waals surface area contributed by atoms with Crippen LogP contribution in [0.15, 0.2) is 48.5 Å². The molecule has 3 aliphatic rings. The summed E-state index contributed by atoms with van der Waals surface area (Å²) in [6.07, 6.45) is 2.35. The number of hydrogen-bond donors (Lipinski definition) is 1. The summed E-state index contributed by atoms with van der Waals surface area (Å²) >= 11 is 0. The molecule has 0 saturated heterocycles. The molecular weight excluding hydrogens is 364 g/mol. The third-order valence-electron chi connectivity index (χ3n) is 6.58. The number of amides is 1. The number of carbonyl (C=O) groups is 3. The van der Waals surface area contributed by atoms with Crippen molar-refractivity contribution in [2.24, 2.45) is 17.6 Å². The Labute approximate surface area is 169 Å². The van der Waals surface area contributed by atoms with Crippen LogP contribution >= 0.6 is 0 Å². The van der Waals surface area contributed by atoms with Gasteiger partial charge in [0.15, 0.2) is 5.78 Å². The van der Waals surface area contributed by atoms with Crippen molar-refractivity contribution in [3.8, 4) is 0 Å². The van der Waals surface area contributed by atoms with Gasteiger partial charge < -0.3 is 10.6 Å². The lowest BCUT2D eigenvalue weighted by Gasteiger charge is -2.47. The summed E-state index contributed by atoms with van der Waals surface area (Å²) in [6, 6.07) is 14.9. The first-order valence-electron chi connectivity index (χ1n) is 10.4. The number of benzene rings is 2. The summed E-state index contributed by atoms with van der Waals surface area (Å²) in [7, 11) is 0. The fourth-order valence-electron chi connectivity index (χ4n) is 5.00. The average molecular weight is 388 g/mol. The van der Waals surface area contributed by atoms with E-state index in [2.05, 4.69) is 0 Å². The monoisotopic (exact) mass is 388 g/mol. The molecule has 5 heteroatoms. The van der Waals surface area contributed by atoms with Gasteiger partial charge in [0.2, 0.25) is 5.91 Å². The maximum Gasteiger partial charge on any atom is 0.230 e. The van der Waals surface area contributed by atoms with Gasteiger partial charge in [-0.25, -0.2) is 0 Å². The molecule has 148 valence electrons. The van der Waals surface area contributed by atoms with E-state index in [0.29, 0.717) is 24.2 Å². The van der Waals surface area contributed by atoms with Crippen LogP contribution in [0, 0.1) is 11.8 Å². The number of carbonyl (C=O) groups excluding carboxylic acids is 3. The predicted molar refractivity (Wildman–Crippen MR) is 110 cm³/mol. The minimum atomic E-state index is -0.404. The van der Waals surface area contributed by atoms with Crippen molar-refractivity contribution in [2.45, 2.75) is 44.2 Å². The van der Waals surface area contributed by atoms with Crippen molar-refractivity contribution in [3.63, 3.8) is 0 Å². The second-order valence-corrected chi connectivity index (χ2v) is 8.46. The molecule has 0 radical (unpaired) electrons. The first-order valence-corrected chi connectivity index (χ1v) is 10.4. The second-order valence-electron chi connectivity index (χ2n) is 8.46. The molecule has 2 fully saturated rings. The van der Waals surface area contributed by atoms with Crippen molar-refractivity contribution in [1.82, 2.24) is 0 Å². The molecule has 2 aliphatic carbocycles. The highest BCUT2D eigenvalue weighted by atomic mass is 16.2. The average Bonchev–Trinajstić information content (AvgIpc) is 3.59. The fourth-order valence-corrected chi connectivity index (χ4v) is 5.00. The molecule has 1 unspecified atom stereocenters. The van der Waals surface area contributed by atoms with Crippen LogP contribution in [0.3, 0.4) is 0 Å². The van der Waals surface area contributed by atoms with Crippen LogP contribution in [0.1, 0.15) is 53.1 Å². The number of ketones is 2. The Morgan fingerprint density at radius 1 is 1.03 bits per heavy atom. The first-order chi connectivity index (χ1) is 14.1. The van der Waals surface area contributed by atoms with E-state index in [1.807, 2.05) is 48.5 Å². The largest absolute Gasteiger partial charge is 0.326 e. The van der Waals surface area contributed by atoms with Gasteiger partial charge in [-0.3, -0.25) is 14.4 Å². The maximum absolute atomic E-state index is 13.7. The summed E-state index contributed by atoms with van der Waals surface area (Å²) in [5.74, 6) is -0.406. The Bertz CT molecular complexity index is 996. The van der Waals surface area contributed by atoms with Gasteiger partial charge in [0.1, 0.15) is 5.78 Å². The molecule has 2 aromatic carbocycles. The van der Waals surface area contributed by atoms with E-state index in [4.69, 9.17) is 5.73 Å². The Balaban J connectivity index is 1.67. The maximum atomic E-state index is 13.7. The van der Waals surface area contributed by atoms with E-state index in [9.17, 15) is 14.4 Å². The zero-order valence-electron chi connectivity index (χ0n) is 16.2. The van der Waals surface area contributed by atoms with E-state index >= 15 is 0 Å². The number of hydrogen-bond acceptors (Lipinski definition) is 4. The fraction of sp³-hybridized carbons (Fsp3) is 0.375. The van der Waals surface area contributed by atoms with E-state index in [0.717, 1.165) is 24.0 Å². The van der Waals surface area contributed by atoms with Gasteiger partial charge in [-0.2, -0.15) is 0 Å². The van der Waals surface area contributed by atoms with Crippen LogP contribution in [0.2, 0.25) is 0 Å². The molecule has 1 aliphatic heterocycles. The van der Waals surface area contributed by atoms with Gasteiger partial charge in [0.05, 0.1) is 17.6 Å². The lowest BCUT2D eigenvalue weighted by atomic mass is 9.66. The summed E-state index contributed by atoms with van der Waals surface area (Å²) in [4.78, 5) is 41.4. The minimum absolute atomic E-state index is 0.0121.